The van der Waals surface area contributed by atoms with Crippen molar-refractivity contribution >= 4 is 0 Å². The molecule has 72 valence electrons. The Labute approximate surface area is 82.5 Å². The fourth-order valence-corrected chi connectivity index (χ4v) is 1.40. The summed E-state index contributed by atoms with van der Waals surface area (Å²) in [6.45, 7) is 2.44. The lowest BCUT2D eigenvalue weighted by Gasteiger charge is -1.98. The molecule has 0 aliphatic carbocycles. The standard InChI is InChI=1S/C11H12N2O/c1-8-4-2-3-5-10(8)11-6-9(7-12)14-13-11/h2-6H,7,12H2,1H3. The van der Waals surface area contributed by atoms with Gasteiger partial charge in [0, 0.05) is 11.6 Å². The molecule has 1 heterocycles. The van der Waals surface area contributed by atoms with E-state index >= 15 is 0 Å². The van der Waals surface area contributed by atoms with Crippen molar-refractivity contribution in [2.45, 2.75) is 13.5 Å². The maximum Gasteiger partial charge on any atom is 0.150 e. The summed E-state index contributed by atoms with van der Waals surface area (Å²) in [5, 5.41) is 3.96. The predicted octanol–water partition coefficient (Wildman–Crippen LogP) is 2.11. The minimum Gasteiger partial charge on any atom is -0.359 e. The summed E-state index contributed by atoms with van der Waals surface area (Å²) < 4.78 is 5.05. The van der Waals surface area contributed by atoms with Crippen LogP contribution in [0.4, 0.5) is 0 Å². The van der Waals surface area contributed by atoms with Gasteiger partial charge in [-0.15, -0.1) is 0 Å². The lowest BCUT2D eigenvalue weighted by atomic mass is 10.1. The summed E-state index contributed by atoms with van der Waals surface area (Å²) >= 11 is 0. The molecule has 0 amide bonds. The Morgan fingerprint density at radius 2 is 2.14 bits per heavy atom. The zero-order valence-corrected chi connectivity index (χ0v) is 8.03. The Morgan fingerprint density at radius 3 is 2.79 bits per heavy atom. The van der Waals surface area contributed by atoms with Gasteiger partial charge in [-0.1, -0.05) is 29.4 Å². The van der Waals surface area contributed by atoms with E-state index in [0.717, 1.165) is 11.3 Å². The Bertz CT molecular complexity index is 434. The minimum absolute atomic E-state index is 0.388. The molecule has 1 aromatic carbocycles. The van der Waals surface area contributed by atoms with Gasteiger partial charge in [0.05, 0.1) is 6.54 Å². The van der Waals surface area contributed by atoms with Crippen molar-refractivity contribution in [3.05, 3.63) is 41.7 Å². The molecule has 1 aromatic heterocycles. The summed E-state index contributed by atoms with van der Waals surface area (Å²) in [6.07, 6.45) is 0. The Morgan fingerprint density at radius 1 is 1.36 bits per heavy atom. The lowest BCUT2D eigenvalue weighted by molar-refractivity contribution is 0.387. The molecule has 2 aromatic rings. The average molecular weight is 188 g/mol. The number of hydrogen-bond acceptors (Lipinski definition) is 3. The molecule has 0 saturated heterocycles. The third-order valence-electron chi connectivity index (χ3n) is 2.18. The Kier molecular flexibility index (Phi) is 2.33. The zero-order valence-electron chi connectivity index (χ0n) is 8.03. The van der Waals surface area contributed by atoms with Crippen LogP contribution in [0.3, 0.4) is 0 Å². The highest BCUT2D eigenvalue weighted by Crippen LogP contribution is 2.22. The van der Waals surface area contributed by atoms with Crippen molar-refractivity contribution < 1.29 is 4.52 Å². The van der Waals surface area contributed by atoms with E-state index in [1.807, 2.05) is 37.3 Å². The van der Waals surface area contributed by atoms with Crippen LogP contribution < -0.4 is 5.73 Å². The van der Waals surface area contributed by atoms with Crippen molar-refractivity contribution in [1.29, 1.82) is 0 Å². The fourth-order valence-electron chi connectivity index (χ4n) is 1.40. The second-order valence-corrected chi connectivity index (χ2v) is 3.20. The van der Waals surface area contributed by atoms with Gasteiger partial charge in [-0.05, 0) is 12.5 Å². The van der Waals surface area contributed by atoms with E-state index in [-0.39, 0.29) is 0 Å². The zero-order chi connectivity index (χ0) is 9.97. The van der Waals surface area contributed by atoms with Crippen LogP contribution in [-0.4, -0.2) is 5.16 Å². The summed E-state index contributed by atoms with van der Waals surface area (Å²) in [5.41, 5.74) is 8.57. The van der Waals surface area contributed by atoms with Crippen LogP contribution in [0.1, 0.15) is 11.3 Å². The number of hydrogen-bond donors (Lipinski definition) is 1. The van der Waals surface area contributed by atoms with Gasteiger partial charge in [-0.25, -0.2) is 0 Å². The SMILES string of the molecule is Cc1ccccc1-c1cc(CN)on1. The molecule has 0 bridgehead atoms. The summed E-state index contributed by atoms with van der Waals surface area (Å²) in [6, 6.07) is 9.93. The van der Waals surface area contributed by atoms with Crippen molar-refractivity contribution in [3.8, 4) is 11.3 Å². The van der Waals surface area contributed by atoms with Gasteiger partial charge in [-0.2, -0.15) is 0 Å². The maximum atomic E-state index is 5.45. The predicted molar refractivity (Wildman–Crippen MR) is 54.6 cm³/mol. The van der Waals surface area contributed by atoms with E-state index in [2.05, 4.69) is 5.16 Å². The number of benzene rings is 1. The van der Waals surface area contributed by atoms with E-state index in [0.29, 0.717) is 12.3 Å². The van der Waals surface area contributed by atoms with Crippen LogP contribution in [0.25, 0.3) is 11.3 Å². The highest BCUT2D eigenvalue weighted by molar-refractivity contribution is 5.62. The van der Waals surface area contributed by atoms with Crippen molar-refractivity contribution in [3.63, 3.8) is 0 Å². The molecule has 0 spiro atoms. The molecule has 0 radical (unpaired) electrons. The van der Waals surface area contributed by atoms with Gasteiger partial charge in [-0.3, -0.25) is 0 Å². The van der Waals surface area contributed by atoms with Crippen molar-refractivity contribution in [2.75, 3.05) is 0 Å². The molecule has 0 fully saturated rings. The first-order valence-corrected chi connectivity index (χ1v) is 4.53. The molecule has 3 nitrogen and oxygen atoms in total. The second kappa shape index (κ2) is 3.64. The van der Waals surface area contributed by atoms with Crippen LogP contribution in [0.2, 0.25) is 0 Å². The van der Waals surface area contributed by atoms with E-state index in [4.69, 9.17) is 10.3 Å². The van der Waals surface area contributed by atoms with E-state index in [1.165, 1.54) is 5.56 Å². The summed E-state index contributed by atoms with van der Waals surface area (Å²) in [4.78, 5) is 0. The van der Waals surface area contributed by atoms with Gasteiger partial charge in [0.15, 0.2) is 5.76 Å². The van der Waals surface area contributed by atoms with Crippen LogP contribution >= 0.6 is 0 Å². The first-order chi connectivity index (χ1) is 6.81. The fraction of sp³-hybridized carbons (Fsp3) is 0.182. The molecule has 0 atom stereocenters. The lowest BCUT2D eigenvalue weighted by Crippen LogP contribution is -1.92. The molecular formula is C11H12N2O. The third-order valence-corrected chi connectivity index (χ3v) is 2.18. The smallest absolute Gasteiger partial charge is 0.150 e. The molecule has 0 aliphatic heterocycles. The maximum absolute atomic E-state index is 5.45. The number of rotatable bonds is 2. The molecule has 3 heteroatoms. The molecular weight excluding hydrogens is 176 g/mol. The third kappa shape index (κ3) is 1.54. The minimum atomic E-state index is 0.388. The number of nitrogens with two attached hydrogens (primary N) is 1. The average Bonchev–Trinajstić information content (AvgIpc) is 2.67. The van der Waals surface area contributed by atoms with Gasteiger partial charge < -0.3 is 10.3 Å². The molecule has 0 unspecified atom stereocenters. The van der Waals surface area contributed by atoms with E-state index < -0.39 is 0 Å². The van der Waals surface area contributed by atoms with Crippen LogP contribution in [0.15, 0.2) is 34.9 Å². The van der Waals surface area contributed by atoms with Crippen molar-refractivity contribution in [2.24, 2.45) is 5.73 Å². The van der Waals surface area contributed by atoms with Crippen molar-refractivity contribution in [1.82, 2.24) is 5.16 Å². The normalized spacial score (nSPS) is 10.4. The highest BCUT2D eigenvalue weighted by atomic mass is 16.5. The molecule has 2 rings (SSSR count). The quantitative estimate of drug-likeness (QED) is 0.785. The largest absolute Gasteiger partial charge is 0.359 e. The van der Waals surface area contributed by atoms with Gasteiger partial charge in [0.25, 0.3) is 0 Å². The number of aryl methyl sites for hydroxylation is 1. The topological polar surface area (TPSA) is 52.0 Å². The van der Waals surface area contributed by atoms with Gasteiger partial charge in [0.1, 0.15) is 5.69 Å². The van der Waals surface area contributed by atoms with E-state index in [9.17, 15) is 0 Å². The Hall–Kier alpha value is -1.61. The molecule has 0 saturated carbocycles. The number of aromatic nitrogens is 1. The van der Waals surface area contributed by atoms with Gasteiger partial charge >= 0.3 is 0 Å². The first kappa shape index (κ1) is 8.97. The molecule has 14 heavy (non-hydrogen) atoms. The monoisotopic (exact) mass is 188 g/mol. The molecule has 0 aliphatic rings. The summed E-state index contributed by atoms with van der Waals surface area (Å²) in [5.74, 6) is 0.711. The number of nitrogens with zero attached hydrogens (tertiary/aromatic N) is 1. The van der Waals surface area contributed by atoms with Crippen LogP contribution in [-0.2, 0) is 6.54 Å². The van der Waals surface area contributed by atoms with Crippen LogP contribution in [0, 0.1) is 6.92 Å². The summed E-state index contributed by atoms with van der Waals surface area (Å²) in [7, 11) is 0. The molecule has 2 N–H and O–H groups in total. The van der Waals surface area contributed by atoms with E-state index in [1.54, 1.807) is 0 Å². The first-order valence-electron chi connectivity index (χ1n) is 4.53. The second-order valence-electron chi connectivity index (χ2n) is 3.20. The Balaban J connectivity index is 2.44. The van der Waals surface area contributed by atoms with Gasteiger partial charge in [0.2, 0.25) is 0 Å². The highest BCUT2D eigenvalue weighted by Gasteiger charge is 2.06. The van der Waals surface area contributed by atoms with Crippen LogP contribution in [0.5, 0.6) is 0 Å².